The van der Waals surface area contributed by atoms with Gasteiger partial charge in [-0.05, 0) is 73.3 Å². The van der Waals surface area contributed by atoms with Crippen molar-refractivity contribution in [1.82, 2.24) is 4.90 Å². The zero-order valence-electron chi connectivity index (χ0n) is 19.8. The van der Waals surface area contributed by atoms with Gasteiger partial charge in [-0.25, -0.2) is 0 Å². The predicted octanol–water partition coefficient (Wildman–Crippen LogP) is 4.63. The normalized spacial score (nSPS) is 29.2. The predicted molar refractivity (Wildman–Crippen MR) is 135 cm³/mol. The van der Waals surface area contributed by atoms with Gasteiger partial charge in [0.1, 0.15) is 6.67 Å². The van der Waals surface area contributed by atoms with Crippen LogP contribution in [0.5, 0.6) is 0 Å². The number of hydrogen-bond acceptors (Lipinski definition) is 5. The van der Waals surface area contributed by atoms with Gasteiger partial charge >= 0.3 is 0 Å². The number of nitro benzene ring substituents is 1. The SMILES string of the molecule is Cc1cc(N(CN2C(=O)C3C4C=CC(C5CC45)C3C2=O)C(=O)c2cccc([N+](=O)[O-])c2)cc(C)c1Br. The third kappa shape index (κ3) is 3.36. The molecule has 0 radical (unpaired) electrons. The number of aryl methyl sites for hydroxylation is 2. The summed E-state index contributed by atoms with van der Waals surface area (Å²) in [6, 6.07) is 9.12. The summed E-state index contributed by atoms with van der Waals surface area (Å²) in [5.74, 6) is -0.545. The van der Waals surface area contributed by atoms with Gasteiger partial charge < -0.3 is 0 Å². The maximum absolute atomic E-state index is 13.8. The Morgan fingerprint density at radius 1 is 1.06 bits per heavy atom. The molecule has 0 aromatic heterocycles. The number of benzene rings is 2. The number of imide groups is 1. The van der Waals surface area contributed by atoms with Crippen LogP contribution in [0.3, 0.4) is 0 Å². The third-order valence-electron chi connectivity index (χ3n) is 8.32. The number of anilines is 1. The second-order valence-electron chi connectivity index (χ2n) is 10.3. The Bertz CT molecular complexity index is 1330. The summed E-state index contributed by atoms with van der Waals surface area (Å²) >= 11 is 3.54. The molecule has 4 aliphatic carbocycles. The van der Waals surface area contributed by atoms with Gasteiger partial charge in [0, 0.05) is 27.9 Å². The number of allylic oxidation sites excluding steroid dienone is 2. The molecule has 2 aromatic rings. The molecule has 3 amide bonds. The highest BCUT2D eigenvalue weighted by Crippen LogP contribution is 2.65. The van der Waals surface area contributed by atoms with Crippen molar-refractivity contribution in [2.75, 3.05) is 11.6 Å². The van der Waals surface area contributed by atoms with E-state index < -0.39 is 10.8 Å². The molecule has 184 valence electrons. The topological polar surface area (TPSA) is 101 Å². The monoisotopic (exact) mass is 549 g/mol. The van der Waals surface area contributed by atoms with E-state index in [0.29, 0.717) is 17.5 Å². The third-order valence-corrected chi connectivity index (χ3v) is 9.57. The van der Waals surface area contributed by atoms with Gasteiger partial charge in [-0.2, -0.15) is 0 Å². The number of nitrogens with zero attached hydrogens (tertiary/aromatic N) is 3. The molecule has 1 saturated heterocycles. The lowest BCUT2D eigenvalue weighted by atomic mass is 9.63. The minimum Gasteiger partial charge on any atom is -0.290 e. The maximum Gasteiger partial charge on any atom is 0.270 e. The van der Waals surface area contributed by atoms with Gasteiger partial charge in [-0.15, -0.1) is 0 Å². The van der Waals surface area contributed by atoms with E-state index in [9.17, 15) is 24.5 Å². The molecule has 0 spiro atoms. The van der Waals surface area contributed by atoms with E-state index in [-0.39, 0.29) is 53.4 Å². The van der Waals surface area contributed by atoms with Crippen LogP contribution < -0.4 is 4.90 Å². The molecule has 6 atom stereocenters. The van der Waals surface area contributed by atoms with E-state index in [2.05, 4.69) is 28.1 Å². The van der Waals surface area contributed by atoms with Crippen LogP contribution in [0.15, 0.2) is 53.0 Å². The maximum atomic E-state index is 13.8. The number of halogens is 1. The minimum absolute atomic E-state index is 0.0875. The number of carbonyl (C=O) groups excluding carboxylic acids is 3. The number of non-ortho nitro benzene ring substituents is 1. The second kappa shape index (κ2) is 8.09. The Morgan fingerprint density at radius 3 is 2.19 bits per heavy atom. The molecule has 9 heteroatoms. The summed E-state index contributed by atoms with van der Waals surface area (Å²) in [6.45, 7) is 3.56. The Labute approximate surface area is 216 Å². The fourth-order valence-electron chi connectivity index (χ4n) is 6.55. The Hall–Kier alpha value is -3.33. The molecule has 1 heterocycles. The van der Waals surface area contributed by atoms with Crippen LogP contribution >= 0.6 is 15.9 Å². The number of amides is 3. The van der Waals surface area contributed by atoms with Crippen molar-refractivity contribution in [3.63, 3.8) is 0 Å². The van der Waals surface area contributed by atoms with Crippen LogP contribution in [0.1, 0.15) is 27.9 Å². The van der Waals surface area contributed by atoms with Gasteiger partial charge in [0.2, 0.25) is 11.8 Å². The van der Waals surface area contributed by atoms with E-state index in [0.717, 1.165) is 22.0 Å². The zero-order chi connectivity index (χ0) is 25.5. The first-order valence-corrected chi connectivity index (χ1v) is 12.8. The summed E-state index contributed by atoms with van der Waals surface area (Å²) in [7, 11) is 0. The number of hydrogen-bond donors (Lipinski definition) is 0. The molecule has 1 aliphatic heterocycles. The van der Waals surface area contributed by atoms with Crippen molar-refractivity contribution >= 4 is 45.0 Å². The van der Waals surface area contributed by atoms with E-state index in [1.165, 1.54) is 34.1 Å². The molecule has 2 saturated carbocycles. The summed E-state index contributed by atoms with van der Waals surface area (Å²) in [4.78, 5) is 54.4. The van der Waals surface area contributed by atoms with Crippen LogP contribution in [0.4, 0.5) is 11.4 Å². The van der Waals surface area contributed by atoms with Crippen molar-refractivity contribution in [1.29, 1.82) is 0 Å². The average Bonchev–Trinajstić information content (AvgIpc) is 3.65. The molecule has 0 N–H and O–H groups in total. The molecular weight excluding hydrogens is 526 g/mol. The van der Waals surface area contributed by atoms with Crippen LogP contribution in [-0.4, -0.2) is 34.2 Å². The summed E-state index contributed by atoms with van der Waals surface area (Å²) in [5.41, 5.74) is 2.20. The zero-order valence-corrected chi connectivity index (χ0v) is 21.3. The molecule has 5 aliphatic rings. The molecule has 2 aromatic carbocycles. The molecule has 2 bridgehead atoms. The average molecular weight is 550 g/mol. The van der Waals surface area contributed by atoms with Crippen LogP contribution in [0, 0.1) is 59.5 Å². The van der Waals surface area contributed by atoms with E-state index in [1.807, 2.05) is 26.0 Å². The van der Waals surface area contributed by atoms with E-state index in [1.54, 1.807) is 0 Å². The first-order valence-electron chi connectivity index (χ1n) is 12.0. The fourth-order valence-corrected chi connectivity index (χ4v) is 6.78. The quantitative estimate of drug-likeness (QED) is 0.234. The highest BCUT2D eigenvalue weighted by Gasteiger charge is 2.67. The minimum atomic E-state index is -0.554. The molecular formula is C27H24BrN3O5. The van der Waals surface area contributed by atoms with Gasteiger partial charge in [0.15, 0.2) is 0 Å². The fraction of sp³-hybridized carbons (Fsp3) is 0.370. The van der Waals surface area contributed by atoms with Gasteiger partial charge in [-0.1, -0.05) is 34.1 Å². The van der Waals surface area contributed by atoms with Crippen LogP contribution in [0.25, 0.3) is 0 Å². The Balaban J connectivity index is 1.38. The Morgan fingerprint density at radius 2 is 1.64 bits per heavy atom. The lowest BCUT2D eigenvalue weighted by molar-refractivity contribution is -0.384. The summed E-state index contributed by atoms with van der Waals surface area (Å²) in [6.07, 6.45) is 5.30. The van der Waals surface area contributed by atoms with Gasteiger partial charge in [0.05, 0.1) is 16.8 Å². The lowest BCUT2D eigenvalue weighted by Crippen LogP contribution is -2.45. The second-order valence-corrected chi connectivity index (χ2v) is 11.1. The number of likely N-dealkylation sites (tertiary alicyclic amines) is 1. The largest absolute Gasteiger partial charge is 0.290 e. The van der Waals surface area contributed by atoms with E-state index in [4.69, 9.17) is 0 Å². The van der Waals surface area contributed by atoms with Crippen molar-refractivity contribution in [2.24, 2.45) is 35.5 Å². The van der Waals surface area contributed by atoms with Crippen molar-refractivity contribution < 1.29 is 19.3 Å². The standard InChI is InChI=1S/C27H24BrN3O5/c1-13-8-17(9-14(2)24(13)28)29(25(32)15-4-3-5-16(10-15)31(35)36)12-30-26(33)22-18-6-7-19(21-11-20(18)21)23(22)27(30)34/h3-10,18-23H,11-12H2,1-2H3. The Kier molecular flexibility index (Phi) is 5.19. The van der Waals surface area contributed by atoms with Crippen LogP contribution in [0.2, 0.25) is 0 Å². The molecule has 36 heavy (non-hydrogen) atoms. The van der Waals surface area contributed by atoms with Crippen molar-refractivity contribution in [2.45, 2.75) is 20.3 Å². The highest BCUT2D eigenvalue weighted by molar-refractivity contribution is 9.10. The summed E-state index contributed by atoms with van der Waals surface area (Å²) < 4.78 is 0.898. The smallest absolute Gasteiger partial charge is 0.270 e. The summed E-state index contributed by atoms with van der Waals surface area (Å²) in [5, 5.41) is 11.3. The molecule has 3 fully saturated rings. The highest BCUT2D eigenvalue weighted by atomic mass is 79.9. The first-order chi connectivity index (χ1) is 17.2. The van der Waals surface area contributed by atoms with Gasteiger partial charge in [0.25, 0.3) is 11.6 Å². The molecule has 7 rings (SSSR count). The first kappa shape index (κ1) is 23.1. The molecule has 6 unspecified atom stereocenters. The van der Waals surface area contributed by atoms with E-state index >= 15 is 0 Å². The van der Waals surface area contributed by atoms with Crippen molar-refractivity contribution in [3.05, 3.63) is 79.8 Å². The number of rotatable bonds is 5. The van der Waals surface area contributed by atoms with Crippen LogP contribution in [-0.2, 0) is 9.59 Å². The number of nitro groups is 1. The lowest BCUT2D eigenvalue weighted by Gasteiger charge is -2.37. The number of carbonyl (C=O) groups is 3. The van der Waals surface area contributed by atoms with Crippen molar-refractivity contribution in [3.8, 4) is 0 Å². The molecule has 8 nitrogen and oxygen atoms in total. The van der Waals surface area contributed by atoms with Gasteiger partial charge in [-0.3, -0.25) is 34.3 Å².